The number of nitrogens with zero attached hydrogens (tertiary/aromatic N) is 3. The minimum absolute atomic E-state index is 0.302. The molecule has 0 radical (unpaired) electrons. The summed E-state index contributed by atoms with van der Waals surface area (Å²) < 4.78 is 13.9. The van der Waals surface area contributed by atoms with Crippen molar-refractivity contribution in [3.05, 3.63) is 29.6 Å². The van der Waals surface area contributed by atoms with E-state index in [0.717, 1.165) is 31.9 Å². The number of rotatable bonds is 3. The molecule has 0 aliphatic carbocycles. The van der Waals surface area contributed by atoms with Crippen LogP contribution in [0.3, 0.4) is 0 Å². The molecule has 1 saturated heterocycles. The first-order valence-corrected chi connectivity index (χ1v) is 6.38. The first-order chi connectivity index (χ1) is 9.56. The van der Waals surface area contributed by atoms with Crippen molar-refractivity contribution in [3.63, 3.8) is 0 Å². The Labute approximate surface area is 117 Å². The van der Waals surface area contributed by atoms with Gasteiger partial charge in [0.25, 0.3) is 0 Å². The highest BCUT2D eigenvalue weighted by Gasteiger charge is 2.15. The van der Waals surface area contributed by atoms with E-state index in [2.05, 4.69) is 21.9 Å². The molecule has 1 aromatic carbocycles. The predicted octanol–water partition coefficient (Wildman–Crippen LogP) is 0.580. The minimum Gasteiger partial charge on any atom is -0.369 e. The van der Waals surface area contributed by atoms with Crippen LogP contribution in [0.2, 0.25) is 0 Å². The highest BCUT2D eigenvalue weighted by Crippen LogP contribution is 2.19. The van der Waals surface area contributed by atoms with E-state index in [-0.39, 0.29) is 5.82 Å². The lowest BCUT2D eigenvalue weighted by Gasteiger charge is -2.34. The lowest BCUT2D eigenvalue weighted by atomic mass is 10.2. The van der Waals surface area contributed by atoms with Crippen molar-refractivity contribution in [3.8, 4) is 0 Å². The standard InChI is InChI=1S/C13H18FN5O/c1-18-4-6-19(7-5-18)11-3-2-10(12(14)8-11)9-16-17-13(15)20/h2-3,8-9H,4-7H2,1H3,(H3,15,17,20). The molecule has 6 nitrogen and oxygen atoms in total. The van der Waals surface area contributed by atoms with Gasteiger partial charge in [0.15, 0.2) is 0 Å². The van der Waals surface area contributed by atoms with Crippen molar-refractivity contribution in [1.29, 1.82) is 0 Å². The molecule has 0 saturated carbocycles. The molecular weight excluding hydrogens is 261 g/mol. The van der Waals surface area contributed by atoms with Gasteiger partial charge in [-0.25, -0.2) is 14.6 Å². The Morgan fingerprint density at radius 1 is 1.40 bits per heavy atom. The molecule has 0 spiro atoms. The number of carbonyl (C=O) groups excluding carboxylic acids is 1. The molecule has 1 aliphatic rings. The topological polar surface area (TPSA) is 74.0 Å². The fourth-order valence-electron chi connectivity index (χ4n) is 2.05. The van der Waals surface area contributed by atoms with Gasteiger partial charge in [-0.15, -0.1) is 0 Å². The number of primary amides is 1. The van der Waals surface area contributed by atoms with Gasteiger partial charge in [0.05, 0.1) is 6.21 Å². The zero-order valence-corrected chi connectivity index (χ0v) is 11.3. The molecule has 0 bridgehead atoms. The number of hydrazone groups is 1. The number of nitrogens with two attached hydrogens (primary N) is 1. The molecule has 1 heterocycles. The Morgan fingerprint density at radius 3 is 2.70 bits per heavy atom. The van der Waals surface area contributed by atoms with E-state index < -0.39 is 6.03 Å². The van der Waals surface area contributed by atoms with Gasteiger partial charge in [-0.2, -0.15) is 5.10 Å². The average molecular weight is 279 g/mol. The van der Waals surface area contributed by atoms with Crippen LogP contribution < -0.4 is 16.1 Å². The smallest absolute Gasteiger partial charge is 0.332 e. The second-order valence-corrected chi connectivity index (χ2v) is 4.73. The van der Waals surface area contributed by atoms with Crippen molar-refractivity contribution in [2.45, 2.75) is 0 Å². The maximum atomic E-state index is 13.9. The van der Waals surface area contributed by atoms with Crippen molar-refractivity contribution >= 4 is 17.9 Å². The molecule has 3 N–H and O–H groups in total. The number of hydrogen-bond acceptors (Lipinski definition) is 4. The first-order valence-electron chi connectivity index (χ1n) is 6.38. The number of amides is 2. The third kappa shape index (κ3) is 3.67. The normalized spacial score (nSPS) is 16.6. The van der Waals surface area contributed by atoms with Crippen LogP contribution in [0, 0.1) is 5.82 Å². The molecule has 108 valence electrons. The summed E-state index contributed by atoms with van der Waals surface area (Å²) >= 11 is 0. The van der Waals surface area contributed by atoms with E-state index in [1.165, 1.54) is 12.3 Å². The number of nitrogens with one attached hydrogen (secondary N) is 1. The number of hydrogen-bond donors (Lipinski definition) is 2. The number of anilines is 1. The molecule has 1 fully saturated rings. The number of likely N-dealkylation sites (N-methyl/N-ethyl adjacent to an activating group) is 1. The molecule has 0 unspecified atom stereocenters. The van der Waals surface area contributed by atoms with Crippen LogP contribution in [0.1, 0.15) is 5.56 Å². The van der Waals surface area contributed by atoms with Crippen LogP contribution >= 0.6 is 0 Å². The largest absolute Gasteiger partial charge is 0.369 e. The van der Waals surface area contributed by atoms with Crippen LogP contribution in [-0.4, -0.2) is 50.4 Å². The molecule has 7 heteroatoms. The van der Waals surface area contributed by atoms with Crippen LogP contribution in [0.5, 0.6) is 0 Å². The molecule has 2 rings (SSSR count). The van der Waals surface area contributed by atoms with Crippen LogP contribution in [0.25, 0.3) is 0 Å². The summed E-state index contributed by atoms with van der Waals surface area (Å²) in [5, 5.41) is 3.54. The number of urea groups is 1. The number of benzene rings is 1. The van der Waals surface area contributed by atoms with E-state index in [1.54, 1.807) is 6.07 Å². The average Bonchev–Trinajstić information content (AvgIpc) is 2.41. The molecule has 20 heavy (non-hydrogen) atoms. The summed E-state index contributed by atoms with van der Waals surface area (Å²) in [7, 11) is 2.07. The quantitative estimate of drug-likeness (QED) is 0.628. The lowest BCUT2D eigenvalue weighted by Crippen LogP contribution is -2.44. The van der Waals surface area contributed by atoms with E-state index in [4.69, 9.17) is 5.73 Å². The summed E-state index contributed by atoms with van der Waals surface area (Å²) in [6.07, 6.45) is 1.23. The summed E-state index contributed by atoms with van der Waals surface area (Å²) in [6.45, 7) is 3.69. The first kappa shape index (κ1) is 14.3. The zero-order valence-electron chi connectivity index (χ0n) is 11.3. The predicted molar refractivity (Wildman–Crippen MR) is 76.4 cm³/mol. The van der Waals surface area contributed by atoms with Crippen molar-refractivity contribution < 1.29 is 9.18 Å². The van der Waals surface area contributed by atoms with E-state index >= 15 is 0 Å². The van der Waals surface area contributed by atoms with Crippen LogP contribution in [0.15, 0.2) is 23.3 Å². The highest BCUT2D eigenvalue weighted by molar-refractivity contribution is 5.82. The van der Waals surface area contributed by atoms with Gasteiger partial charge in [-0.05, 0) is 25.2 Å². The fraction of sp³-hybridized carbons (Fsp3) is 0.385. The number of piperazine rings is 1. The third-order valence-electron chi connectivity index (χ3n) is 3.23. The van der Waals surface area contributed by atoms with Gasteiger partial charge in [-0.1, -0.05) is 0 Å². The zero-order chi connectivity index (χ0) is 14.5. The Morgan fingerprint density at radius 2 is 2.10 bits per heavy atom. The minimum atomic E-state index is -0.782. The van der Waals surface area contributed by atoms with Crippen LogP contribution in [0.4, 0.5) is 14.9 Å². The van der Waals surface area contributed by atoms with Gasteiger partial charge in [0.1, 0.15) is 5.82 Å². The van der Waals surface area contributed by atoms with Gasteiger partial charge in [0.2, 0.25) is 0 Å². The Balaban J connectivity index is 2.05. The molecular formula is C13H18FN5O. The summed E-state index contributed by atoms with van der Waals surface area (Å²) in [5.41, 5.74) is 8.05. The van der Waals surface area contributed by atoms with Crippen LogP contribution in [-0.2, 0) is 0 Å². The summed E-state index contributed by atoms with van der Waals surface area (Å²) in [5.74, 6) is -0.378. The summed E-state index contributed by atoms with van der Waals surface area (Å²) in [4.78, 5) is 14.8. The molecule has 0 atom stereocenters. The van der Waals surface area contributed by atoms with Gasteiger partial charge in [0, 0.05) is 37.4 Å². The second-order valence-electron chi connectivity index (χ2n) is 4.73. The van der Waals surface area contributed by atoms with Crippen molar-refractivity contribution in [2.75, 3.05) is 38.1 Å². The third-order valence-corrected chi connectivity index (χ3v) is 3.23. The van der Waals surface area contributed by atoms with Gasteiger partial charge in [-0.3, -0.25) is 0 Å². The lowest BCUT2D eigenvalue weighted by molar-refractivity contribution is 0.249. The number of carbonyl (C=O) groups is 1. The Hall–Kier alpha value is -2.15. The molecule has 1 aromatic rings. The van der Waals surface area contributed by atoms with Gasteiger partial charge < -0.3 is 15.5 Å². The van der Waals surface area contributed by atoms with Crippen molar-refractivity contribution in [1.82, 2.24) is 10.3 Å². The molecule has 1 aliphatic heterocycles. The summed E-state index contributed by atoms with van der Waals surface area (Å²) in [6, 6.07) is 4.18. The second kappa shape index (κ2) is 6.33. The van der Waals surface area contributed by atoms with Gasteiger partial charge >= 0.3 is 6.03 Å². The van der Waals surface area contributed by atoms with Crippen molar-refractivity contribution in [2.24, 2.45) is 10.8 Å². The van der Waals surface area contributed by atoms with E-state index in [1.807, 2.05) is 11.5 Å². The highest BCUT2D eigenvalue weighted by atomic mass is 19.1. The fourth-order valence-corrected chi connectivity index (χ4v) is 2.05. The maximum absolute atomic E-state index is 13.9. The monoisotopic (exact) mass is 279 g/mol. The molecule has 2 amide bonds. The maximum Gasteiger partial charge on any atom is 0.332 e. The van der Waals surface area contributed by atoms with E-state index in [9.17, 15) is 9.18 Å². The van der Waals surface area contributed by atoms with E-state index in [0.29, 0.717) is 5.56 Å². The number of halogens is 1. The Bertz CT molecular complexity index is 511. The Kier molecular flexibility index (Phi) is 4.52. The SMILES string of the molecule is CN1CCN(c2ccc(C=NNC(N)=O)c(F)c2)CC1. The molecule has 0 aromatic heterocycles.